The number of anilines is 3. The number of para-hydroxylation sites is 1. The minimum atomic E-state index is -0.143. The molecule has 1 saturated heterocycles. The minimum Gasteiger partial charge on any atom is -0.322 e. The molecule has 1 aliphatic rings. The predicted octanol–water partition coefficient (Wildman–Crippen LogP) is 6.64. The SMILES string of the molecule is CC(C)(C)c1ccc(C(=O)Nc2cccc(-c3cn4ccnc4c(N(c4ccccc4)N4CCCCNC4)n3)c2)cc1. The Hall–Kier alpha value is -4.53. The third-order valence-corrected chi connectivity index (χ3v) is 7.58. The lowest BCUT2D eigenvalue weighted by atomic mass is 9.87. The van der Waals surface area contributed by atoms with E-state index >= 15 is 0 Å². The number of nitrogens with one attached hydrogen (secondary N) is 2. The average Bonchev–Trinajstić information content (AvgIpc) is 3.32. The zero-order valence-electron chi connectivity index (χ0n) is 24.4. The molecule has 1 fully saturated rings. The molecule has 214 valence electrons. The first-order valence-corrected chi connectivity index (χ1v) is 14.5. The largest absolute Gasteiger partial charge is 0.322 e. The molecule has 3 aromatic carbocycles. The van der Waals surface area contributed by atoms with Crippen LogP contribution < -0.4 is 15.6 Å². The van der Waals surface area contributed by atoms with Crippen LogP contribution in [0.25, 0.3) is 16.9 Å². The Morgan fingerprint density at radius 3 is 2.57 bits per heavy atom. The van der Waals surface area contributed by atoms with E-state index in [1.165, 1.54) is 5.56 Å². The summed E-state index contributed by atoms with van der Waals surface area (Å²) in [5.41, 5.74) is 6.04. The van der Waals surface area contributed by atoms with Crippen molar-refractivity contribution in [3.63, 3.8) is 0 Å². The van der Waals surface area contributed by atoms with Crippen molar-refractivity contribution in [2.24, 2.45) is 0 Å². The smallest absolute Gasteiger partial charge is 0.255 e. The summed E-state index contributed by atoms with van der Waals surface area (Å²) in [6.45, 7) is 9.10. The van der Waals surface area contributed by atoms with Gasteiger partial charge in [0.05, 0.1) is 18.1 Å². The molecule has 2 aromatic heterocycles. The summed E-state index contributed by atoms with van der Waals surface area (Å²) in [5, 5.41) is 11.1. The molecule has 2 N–H and O–H groups in total. The fourth-order valence-electron chi connectivity index (χ4n) is 5.27. The van der Waals surface area contributed by atoms with E-state index in [4.69, 9.17) is 4.98 Å². The first-order chi connectivity index (χ1) is 20.4. The Morgan fingerprint density at radius 1 is 0.976 bits per heavy atom. The van der Waals surface area contributed by atoms with E-state index in [1.807, 2.05) is 83.5 Å². The van der Waals surface area contributed by atoms with Gasteiger partial charge in [-0.3, -0.25) is 9.80 Å². The van der Waals surface area contributed by atoms with Crippen molar-refractivity contribution in [3.05, 3.63) is 109 Å². The standard InChI is InChI=1S/C34H37N7O/c1-34(2,3)27-16-14-25(15-17-27)33(42)37-28-11-9-10-26(22-28)30-23-39-21-19-36-31(39)32(38-30)41(29-12-5-4-6-13-29)40-20-8-7-18-35-24-40/h4-6,9-17,19,21-23,35H,7-8,18,20,24H2,1-3H3,(H,37,42). The van der Waals surface area contributed by atoms with Crippen LogP contribution in [-0.2, 0) is 5.41 Å². The van der Waals surface area contributed by atoms with Crippen LogP contribution in [0.15, 0.2) is 97.5 Å². The van der Waals surface area contributed by atoms with Gasteiger partial charge in [0, 0.05) is 41.9 Å². The van der Waals surface area contributed by atoms with Gasteiger partial charge in [0.2, 0.25) is 0 Å². The highest BCUT2D eigenvalue weighted by Crippen LogP contribution is 2.32. The molecule has 0 unspecified atom stereocenters. The minimum absolute atomic E-state index is 0.0331. The number of hydrogen-bond donors (Lipinski definition) is 2. The van der Waals surface area contributed by atoms with E-state index < -0.39 is 0 Å². The van der Waals surface area contributed by atoms with E-state index in [9.17, 15) is 4.79 Å². The summed E-state index contributed by atoms with van der Waals surface area (Å²) < 4.78 is 2.01. The molecule has 6 rings (SSSR count). The molecular weight excluding hydrogens is 522 g/mol. The molecule has 0 aliphatic carbocycles. The first kappa shape index (κ1) is 27.6. The number of nitrogens with zero attached hydrogens (tertiary/aromatic N) is 5. The molecule has 3 heterocycles. The van der Waals surface area contributed by atoms with E-state index in [0.717, 1.165) is 54.3 Å². The van der Waals surface area contributed by atoms with Crippen LogP contribution in [0.5, 0.6) is 0 Å². The van der Waals surface area contributed by atoms with Crippen molar-refractivity contribution in [1.29, 1.82) is 0 Å². The van der Waals surface area contributed by atoms with Gasteiger partial charge >= 0.3 is 0 Å². The van der Waals surface area contributed by atoms with Crippen LogP contribution in [-0.4, -0.2) is 45.0 Å². The number of benzene rings is 3. The molecule has 1 amide bonds. The third kappa shape index (κ3) is 5.91. The lowest BCUT2D eigenvalue weighted by molar-refractivity contribution is 0.102. The molecule has 0 radical (unpaired) electrons. The quantitative estimate of drug-likeness (QED) is 0.243. The number of hydrazine groups is 1. The highest BCUT2D eigenvalue weighted by atomic mass is 16.1. The third-order valence-electron chi connectivity index (χ3n) is 7.58. The van der Waals surface area contributed by atoms with E-state index in [-0.39, 0.29) is 11.3 Å². The van der Waals surface area contributed by atoms with Gasteiger partial charge in [0.1, 0.15) is 0 Å². The van der Waals surface area contributed by atoms with Crippen LogP contribution in [0.1, 0.15) is 49.5 Å². The number of fused-ring (bicyclic) bond motifs is 1. The number of amides is 1. The Labute approximate surface area is 247 Å². The fourth-order valence-corrected chi connectivity index (χ4v) is 5.27. The van der Waals surface area contributed by atoms with Crippen LogP contribution in [0.3, 0.4) is 0 Å². The summed E-state index contributed by atoms with van der Waals surface area (Å²) >= 11 is 0. The van der Waals surface area contributed by atoms with Crippen molar-refractivity contribution in [1.82, 2.24) is 24.7 Å². The van der Waals surface area contributed by atoms with Crippen LogP contribution in [0, 0.1) is 0 Å². The summed E-state index contributed by atoms with van der Waals surface area (Å²) in [4.78, 5) is 23.0. The van der Waals surface area contributed by atoms with E-state index in [1.54, 1.807) is 6.20 Å². The second-order valence-electron chi connectivity index (χ2n) is 11.7. The van der Waals surface area contributed by atoms with Gasteiger partial charge in [-0.25, -0.2) is 15.0 Å². The second-order valence-corrected chi connectivity index (χ2v) is 11.7. The number of aromatic nitrogens is 3. The molecular formula is C34H37N7O. The van der Waals surface area contributed by atoms with Gasteiger partial charge in [-0.15, -0.1) is 0 Å². The van der Waals surface area contributed by atoms with Crippen molar-refractivity contribution in [2.45, 2.75) is 39.0 Å². The molecule has 0 spiro atoms. The van der Waals surface area contributed by atoms with Gasteiger partial charge in [-0.05, 0) is 66.8 Å². The zero-order chi connectivity index (χ0) is 29.1. The Balaban J connectivity index is 1.35. The Morgan fingerprint density at radius 2 is 1.79 bits per heavy atom. The van der Waals surface area contributed by atoms with Gasteiger partial charge < -0.3 is 15.0 Å². The lowest BCUT2D eigenvalue weighted by Gasteiger charge is -2.35. The molecule has 0 atom stereocenters. The van der Waals surface area contributed by atoms with Gasteiger partial charge in [-0.1, -0.05) is 63.2 Å². The lowest BCUT2D eigenvalue weighted by Crippen LogP contribution is -2.44. The Bertz CT molecular complexity index is 1660. The topological polar surface area (TPSA) is 77.8 Å². The normalized spacial score (nSPS) is 14.5. The maximum atomic E-state index is 13.1. The summed E-state index contributed by atoms with van der Waals surface area (Å²) in [6, 6.07) is 26.0. The van der Waals surface area contributed by atoms with Crippen molar-refractivity contribution < 1.29 is 4.79 Å². The van der Waals surface area contributed by atoms with Crippen LogP contribution >= 0.6 is 0 Å². The summed E-state index contributed by atoms with van der Waals surface area (Å²) in [6.07, 6.45) is 7.95. The monoisotopic (exact) mass is 559 g/mol. The van der Waals surface area contributed by atoms with Crippen LogP contribution in [0.2, 0.25) is 0 Å². The van der Waals surface area contributed by atoms with Crippen molar-refractivity contribution >= 4 is 28.7 Å². The maximum absolute atomic E-state index is 13.1. The Kier molecular flexibility index (Phi) is 7.73. The van der Waals surface area contributed by atoms with Gasteiger partial charge in [0.25, 0.3) is 5.91 Å². The number of carbonyl (C=O) groups excluding carboxylic acids is 1. The van der Waals surface area contributed by atoms with Crippen LogP contribution in [0.4, 0.5) is 17.2 Å². The molecule has 42 heavy (non-hydrogen) atoms. The summed E-state index contributed by atoms with van der Waals surface area (Å²) in [5.74, 6) is 0.607. The van der Waals surface area contributed by atoms with Gasteiger partial charge in [-0.2, -0.15) is 0 Å². The highest BCUT2D eigenvalue weighted by Gasteiger charge is 2.25. The number of carbonyl (C=O) groups is 1. The first-order valence-electron chi connectivity index (χ1n) is 14.5. The number of rotatable bonds is 6. The molecule has 5 aromatic rings. The molecule has 0 saturated carbocycles. The maximum Gasteiger partial charge on any atom is 0.255 e. The van der Waals surface area contributed by atoms with E-state index in [2.05, 4.69) is 58.5 Å². The predicted molar refractivity (Wildman–Crippen MR) is 169 cm³/mol. The highest BCUT2D eigenvalue weighted by molar-refractivity contribution is 6.04. The second kappa shape index (κ2) is 11.8. The molecule has 1 aliphatic heterocycles. The fraction of sp³-hybridized carbons (Fsp3) is 0.265. The molecule has 8 nitrogen and oxygen atoms in total. The van der Waals surface area contributed by atoms with Crippen molar-refractivity contribution in [3.8, 4) is 11.3 Å². The molecule has 8 heteroatoms. The van der Waals surface area contributed by atoms with Gasteiger partial charge in [0.15, 0.2) is 11.5 Å². The van der Waals surface area contributed by atoms with Crippen molar-refractivity contribution in [2.75, 3.05) is 30.1 Å². The average molecular weight is 560 g/mol. The zero-order valence-corrected chi connectivity index (χ0v) is 24.4. The number of imidazole rings is 1. The number of hydrogen-bond acceptors (Lipinski definition) is 6. The van der Waals surface area contributed by atoms with E-state index in [0.29, 0.717) is 17.9 Å². The molecule has 0 bridgehead atoms. The summed E-state index contributed by atoms with van der Waals surface area (Å²) in [7, 11) is 0.